The van der Waals surface area contributed by atoms with Crippen LogP contribution in [0, 0.1) is 12.3 Å². The zero-order valence-corrected chi connectivity index (χ0v) is 13.0. The normalized spacial score (nSPS) is 10.5. The van der Waals surface area contributed by atoms with Crippen LogP contribution in [0.5, 0.6) is 0 Å². The molecule has 0 aliphatic heterocycles. The Kier molecular flexibility index (Phi) is 7.25. The highest BCUT2D eigenvalue weighted by molar-refractivity contribution is 5.17. The molecule has 0 spiro atoms. The Bertz CT molecular complexity index is 516. The molecule has 0 fully saturated rings. The summed E-state index contributed by atoms with van der Waals surface area (Å²) in [5.74, 6) is 2.61. The van der Waals surface area contributed by atoms with Gasteiger partial charge < -0.3 is 5.32 Å². The molecular weight excluding hydrogens is 268 g/mol. The standard InChI is InChI=1S/C20H24N2/c1-2-14-21-15-9-16-22(17-19-10-5-3-6-11-19)18-20-12-7-4-8-13-20/h1,3-8,10-13,21H,9,14-18H2. The minimum Gasteiger partial charge on any atom is -0.306 e. The molecule has 114 valence electrons. The smallest absolute Gasteiger partial charge is 0.0573 e. The Morgan fingerprint density at radius 2 is 1.41 bits per heavy atom. The van der Waals surface area contributed by atoms with Gasteiger partial charge in [-0.25, -0.2) is 0 Å². The van der Waals surface area contributed by atoms with Gasteiger partial charge >= 0.3 is 0 Å². The van der Waals surface area contributed by atoms with Crippen LogP contribution < -0.4 is 5.32 Å². The largest absolute Gasteiger partial charge is 0.306 e. The molecule has 1 N–H and O–H groups in total. The highest BCUT2D eigenvalue weighted by atomic mass is 15.1. The predicted octanol–water partition coefficient (Wildman–Crippen LogP) is 3.30. The maximum atomic E-state index is 5.25. The molecule has 0 aliphatic carbocycles. The molecule has 0 amide bonds. The number of nitrogens with one attached hydrogen (secondary N) is 1. The van der Waals surface area contributed by atoms with Gasteiger partial charge in [-0.1, -0.05) is 66.6 Å². The lowest BCUT2D eigenvalue weighted by Crippen LogP contribution is -2.27. The Morgan fingerprint density at radius 3 is 1.91 bits per heavy atom. The topological polar surface area (TPSA) is 15.3 Å². The lowest BCUT2D eigenvalue weighted by molar-refractivity contribution is 0.253. The number of hydrogen-bond acceptors (Lipinski definition) is 2. The monoisotopic (exact) mass is 292 g/mol. The molecule has 2 heteroatoms. The molecule has 22 heavy (non-hydrogen) atoms. The van der Waals surface area contributed by atoms with E-state index in [1.807, 2.05) is 0 Å². The van der Waals surface area contributed by atoms with Crippen molar-refractivity contribution in [2.45, 2.75) is 19.5 Å². The minimum atomic E-state index is 0.650. The molecule has 0 aromatic heterocycles. The fourth-order valence-corrected chi connectivity index (χ4v) is 2.49. The first kappa shape index (κ1) is 16.3. The van der Waals surface area contributed by atoms with Gasteiger partial charge in [0.05, 0.1) is 6.54 Å². The van der Waals surface area contributed by atoms with Gasteiger partial charge in [-0.05, 0) is 24.1 Å². The van der Waals surface area contributed by atoms with Gasteiger partial charge in [-0.3, -0.25) is 4.90 Å². The third kappa shape index (κ3) is 6.13. The maximum Gasteiger partial charge on any atom is 0.0573 e. The van der Waals surface area contributed by atoms with Gasteiger partial charge in [0.1, 0.15) is 0 Å². The Morgan fingerprint density at radius 1 is 0.864 bits per heavy atom. The van der Waals surface area contributed by atoms with Gasteiger partial charge in [0.15, 0.2) is 0 Å². The predicted molar refractivity (Wildman–Crippen MR) is 93.3 cm³/mol. The van der Waals surface area contributed by atoms with Gasteiger partial charge in [-0.2, -0.15) is 0 Å². The zero-order chi connectivity index (χ0) is 15.5. The summed E-state index contributed by atoms with van der Waals surface area (Å²) < 4.78 is 0. The van der Waals surface area contributed by atoms with Crippen LogP contribution in [0.3, 0.4) is 0 Å². The molecule has 2 aromatic rings. The van der Waals surface area contributed by atoms with Gasteiger partial charge in [0.25, 0.3) is 0 Å². The molecule has 2 nitrogen and oxygen atoms in total. The van der Waals surface area contributed by atoms with E-state index in [9.17, 15) is 0 Å². The van der Waals surface area contributed by atoms with Crippen molar-refractivity contribution in [3.63, 3.8) is 0 Å². The molecule has 2 aromatic carbocycles. The average Bonchev–Trinajstić information content (AvgIpc) is 2.56. The van der Waals surface area contributed by atoms with E-state index in [2.05, 4.69) is 76.8 Å². The van der Waals surface area contributed by atoms with Gasteiger partial charge in [0.2, 0.25) is 0 Å². The summed E-state index contributed by atoms with van der Waals surface area (Å²) in [6.07, 6.45) is 6.35. The van der Waals surface area contributed by atoms with E-state index in [0.29, 0.717) is 6.54 Å². The number of terminal acetylenes is 1. The Balaban J connectivity index is 1.90. The first-order chi connectivity index (χ1) is 10.9. The second-order valence-corrected chi connectivity index (χ2v) is 5.42. The first-order valence-electron chi connectivity index (χ1n) is 7.83. The first-order valence-corrected chi connectivity index (χ1v) is 7.83. The lowest BCUT2D eigenvalue weighted by atomic mass is 10.1. The molecule has 0 bridgehead atoms. The van der Waals surface area contributed by atoms with Crippen LogP contribution in [-0.4, -0.2) is 24.5 Å². The number of rotatable bonds is 9. The molecule has 0 atom stereocenters. The third-order valence-corrected chi connectivity index (χ3v) is 3.55. The van der Waals surface area contributed by atoms with Crippen LogP contribution >= 0.6 is 0 Å². The zero-order valence-electron chi connectivity index (χ0n) is 13.0. The fourth-order valence-electron chi connectivity index (χ4n) is 2.49. The minimum absolute atomic E-state index is 0.650. The van der Waals surface area contributed by atoms with Crippen molar-refractivity contribution in [3.05, 3.63) is 71.8 Å². The quantitative estimate of drug-likeness (QED) is 0.563. The van der Waals surface area contributed by atoms with Crippen molar-refractivity contribution in [1.82, 2.24) is 10.2 Å². The summed E-state index contributed by atoms with van der Waals surface area (Å²) in [7, 11) is 0. The molecule has 0 aliphatic rings. The molecule has 0 unspecified atom stereocenters. The van der Waals surface area contributed by atoms with Crippen LogP contribution in [0.1, 0.15) is 17.5 Å². The van der Waals surface area contributed by atoms with Crippen LogP contribution in [0.15, 0.2) is 60.7 Å². The van der Waals surface area contributed by atoms with Crippen LogP contribution in [-0.2, 0) is 13.1 Å². The molecule has 0 saturated heterocycles. The van der Waals surface area contributed by atoms with Crippen molar-refractivity contribution < 1.29 is 0 Å². The van der Waals surface area contributed by atoms with Crippen molar-refractivity contribution in [1.29, 1.82) is 0 Å². The van der Waals surface area contributed by atoms with Crippen molar-refractivity contribution in [3.8, 4) is 12.3 Å². The molecular formula is C20H24N2. The number of hydrogen-bond donors (Lipinski definition) is 1. The highest BCUT2D eigenvalue weighted by Gasteiger charge is 2.06. The van der Waals surface area contributed by atoms with Crippen LogP contribution in [0.25, 0.3) is 0 Å². The summed E-state index contributed by atoms with van der Waals surface area (Å²) in [5, 5.41) is 3.26. The molecule has 2 rings (SSSR count). The summed E-state index contributed by atoms with van der Waals surface area (Å²) in [4.78, 5) is 2.49. The summed E-state index contributed by atoms with van der Waals surface area (Å²) >= 11 is 0. The van der Waals surface area contributed by atoms with E-state index >= 15 is 0 Å². The van der Waals surface area contributed by atoms with E-state index in [4.69, 9.17) is 6.42 Å². The summed E-state index contributed by atoms with van der Waals surface area (Å²) in [6, 6.07) is 21.3. The van der Waals surface area contributed by atoms with Crippen molar-refractivity contribution >= 4 is 0 Å². The fraction of sp³-hybridized carbons (Fsp3) is 0.300. The third-order valence-electron chi connectivity index (χ3n) is 3.55. The Labute approximate surface area is 134 Å². The van der Waals surface area contributed by atoms with E-state index in [1.54, 1.807) is 0 Å². The second-order valence-electron chi connectivity index (χ2n) is 5.42. The van der Waals surface area contributed by atoms with E-state index in [0.717, 1.165) is 32.6 Å². The second kappa shape index (κ2) is 9.78. The number of nitrogens with zero attached hydrogens (tertiary/aromatic N) is 1. The lowest BCUT2D eigenvalue weighted by Gasteiger charge is -2.22. The van der Waals surface area contributed by atoms with Crippen LogP contribution in [0.4, 0.5) is 0 Å². The summed E-state index contributed by atoms with van der Waals surface area (Å²) in [6.45, 7) is 4.62. The molecule has 0 heterocycles. The molecule has 0 saturated carbocycles. The van der Waals surface area contributed by atoms with E-state index in [-0.39, 0.29) is 0 Å². The summed E-state index contributed by atoms with van der Waals surface area (Å²) in [5.41, 5.74) is 2.71. The van der Waals surface area contributed by atoms with Gasteiger partial charge in [0, 0.05) is 19.6 Å². The molecule has 0 radical (unpaired) electrons. The SMILES string of the molecule is C#CCNCCCN(Cc1ccccc1)Cc1ccccc1. The number of benzene rings is 2. The average molecular weight is 292 g/mol. The van der Waals surface area contributed by atoms with E-state index in [1.165, 1.54) is 11.1 Å². The maximum absolute atomic E-state index is 5.25. The van der Waals surface area contributed by atoms with E-state index < -0.39 is 0 Å². The van der Waals surface area contributed by atoms with Crippen molar-refractivity contribution in [2.75, 3.05) is 19.6 Å². The van der Waals surface area contributed by atoms with Crippen molar-refractivity contribution in [2.24, 2.45) is 0 Å². The Hall–Kier alpha value is -2.08. The van der Waals surface area contributed by atoms with Crippen LogP contribution in [0.2, 0.25) is 0 Å². The van der Waals surface area contributed by atoms with Gasteiger partial charge in [-0.15, -0.1) is 6.42 Å². The highest BCUT2D eigenvalue weighted by Crippen LogP contribution is 2.10.